The molecule has 1 aliphatic heterocycles. The largest absolute Gasteiger partial charge is 0.454 e. The number of benzene rings is 2. The molecule has 2 aliphatic rings. The van der Waals surface area contributed by atoms with E-state index < -0.39 is 33.2 Å². The highest BCUT2D eigenvalue weighted by Gasteiger charge is 2.69. The van der Waals surface area contributed by atoms with E-state index in [1.807, 2.05) is 0 Å². The van der Waals surface area contributed by atoms with Crippen LogP contribution in [0, 0.1) is 0 Å². The number of ether oxygens (including phenoxy) is 2. The molecule has 6 nitrogen and oxygen atoms in total. The summed E-state index contributed by atoms with van der Waals surface area (Å²) in [7, 11) is -3.65. The Morgan fingerprint density at radius 1 is 1.12 bits per heavy atom. The zero-order chi connectivity index (χ0) is 16.9. The van der Waals surface area contributed by atoms with Crippen LogP contribution in [-0.4, -0.2) is 37.7 Å². The lowest BCUT2D eigenvalue weighted by Gasteiger charge is -2.08. The Hall–Kier alpha value is -2.09. The average Bonchev–Trinajstić information content (AvgIpc) is 3.00. The number of hydrogen-bond donors (Lipinski definition) is 2. The lowest BCUT2D eigenvalue weighted by atomic mass is 10.1. The van der Waals surface area contributed by atoms with Crippen LogP contribution < -0.4 is 15.2 Å². The second kappa shape index (κ2) is 5.20. The summed E-state index contributed by atoms with van der Waals surface area (Å²) in [5.41, 5.74) is 5.75. The second-order valence-corrected chi connectivity index (χ2v) is 8.21. The minimum Gasteiger partial charge on any atom is -0.454 e. The minimum atomic E-state index is -3.65. The van der Waals surface area contributed by atoms with Crippen molar-refractivity contribution in [2.24, 2.45) is 5.73 Å². The summed E-state index contributed by atoms with van der Waals surface area (Å²) in [4.78, 5) is 0.210. The molecule has 0 amide bonds. The van der Waals surface area contributed by atoms with Crippen molar-refractivity contribution in [3.63, 3.8) is 0 Å². The third-order valence-electron chi connectivity index (χ3n) is 4.74. The lowest BCUT2D eigenvalue weighted by Crippen LogP contribution is -2.35. The van der Waals surface area contributed by atoms with Crippen LogP contribution in [0.4, 0.5) is 0 Å². The lowest BCUT2D eigenvalue weighted by molar-refractivity contribution is 0.174. The standard InChI is InChI=1S/C17H17NO5S/c18-17(9-19)15(11-6-7-13-14(8-11)23-10-22-13)16(17)24(20,21)12-4-2-1-3-5-12/h1-8,15-16,19H,9-10,18H2/t15-,16-,17+/m0/s1. The van der Waals surface area contributed by atoms with Crippen molar-refractivity contribution in [2.75, 3.05) is 13.4 Å². The monoisotopic (exact) mass is 347 g/mol. The van der Waals surface area contributed by atoms with Crippen LogP contribution in [-0.2, 0) is 9.84 Å². The molecular formula is C17H17NO5S. The molecule has 0 unspecified atom stereocenters. The Morgan fingerprint density at radius 3 is 2.54 bits per heavy atom. The van der Waals surface area contributed by atoms with E-state index in [1.165, 1.54) is 0 Å². The van der Waals surface area contributed by atoms with E-state index in [1.54, 1.807) is 48.5 Å². The van der Waals surface area contributed by atoms with Crippen molar-refractivity contribution < 1.29 is 23.0 Å². The van der Waals surface area contributed by atoms with Crippen LogP contribution in [0.25, 0.3) is 0 Å². The third kappa shape index (κ3) is 2.12. The molecule has 3 N–H and O–H groups in total. The minimum absolute atomic E-state index is 0.142. The molecule has 0 bridgehead atoms. The summed E-state index contributed by atoms with van der Waals surface area (Å²) in [6.07, 6.45) is 0. The second-order valence-electron chi connectivity index (χ2n) is 6.14. The summed E-state index contributed by atoms with van der Waals surface area (Å²) in [5, 5.41) is 8.85. The first kappa shape index (κ1) is 15.4. The van der Waals surface area contributed by atoms with Gasteiger partial charge in [0.25, 0.3) is 0 Å². The van der Waals surface area contributed by atoms with Crippen LogP contribution in [0.15, 0.2) is 53.4 Å². The van der Waals surface area contributed by atoms with Gasteiger partial charge in [-0.25, -0.2) is 8.42 Å². The average molecular weight is 347 g/mol. The first-order valence-electron chi connectivity index (χ1n) is 7.57. The summed E-state index contributed by atoms with van der Waals surface area (Å²) in [6, 6.07) is 13.4. The number of nitrogens with two attached hydrogens (primary N) is 1. The quantitative estimate of drug-likeness (QED) is 0.858. The first-order valence-corrected chi connectivity index (χ1v) is 9.11. The molecule has 0 saturated heterocycles. The highest BCUT2D eigenvalue weighted by atomic mass is 32.2. The number of rotatable bonds is 4. The molecule has 1 saturated carbocycles. The molecule has 24 heavy (non-hydrogen) atoms. The highest BCUT2D eigenvalue weighted by Crippen LogP contribution is 2.56. The van der Waals surface area contributed by atoms with Crippen LogP contribution >= 0.6 is 0 Å². The maximum Gasteiger partial charge on any atom is 0.231 e. The van der Waals surface area contributed by atoms with Crippen LogP contribution in [0.2, 0.25) is 0 Å². The van der Waals surface area contributed by atoms with Gasteiger partial charge in [-0.2, -0.15) is 0 Å². The fourth-order valence-electron chi connectivity index (χ4n) is 3.43. The normalized spacial score (nSPS) is 27.9. The SMILES string of the molecule is N[C@]1(CO)[C@@H](c2ccc3c(c2)OCO3)[C@@H]1S(=O)(=O)c1ccccc1. The molecule has 0 aromatic heterocycles. The zero-order valence-electron chi connectivity index (χ0n) is 12.8. The van der Waals surface area contributed by atoms with E-state index in [4.69, 9.17) is 15.2 Å². The Balaban J connectivity index is 1.74. The van der Waals surface area contributed by atoms with Crippen molar-refractivity contribution in [1.82, 2.24) is 0 Å². The molecule has 3 atom stereocenters. The Kier molecular flexibility index (Phi) is 3.35. The van der Waals surface area contributed by atoms with E-state index in [9.17, 15) is 13.5 Å². The summed E-state index contributed by atoms with van der Waals surface area (Å²) in [6.45, 7) is -0.272. The van der Waals surface area contributed by atoms with Crippen molar-refractivity contribution in [1.29, 1.82) is 0 Å². The van der Waals surface area contributed by atoms with Gasteiger partial charge < -0.3 is 20.3 Å². The highest BCUT2D eigenvalue weighted by molar-refractivity contribution is 7.92. The Bertz CT molecular complexity index is 883. The molecule has 0 spiro atoms. The summed E-state index contributed by atoms with van der Waals surface area (Å²) < 4.78 is 36.5. The fourth-order valence-corrected chi connectivity index (χ4v) is 5.75. The van der Waals surface area contributed by atoms with Gasteiger partial charge in [0.1, 0.15) is 0 Å². The maximum atomic E-state index is 12.9. The molecule has 1 heterocycles. The molecule has 4 rings (SSSR count). The molecule has 7 heteroatoms. The van der Waals surface area contributed by atoms with Gasteiger partial charge in [-0.05, 0) is 29.8 Å². The van der Waals surface area contributed by atoms with Gasteiger partial charge >= 0.3 is 0 Å². The molecule has 1 aliphatic carbocycles. The topological polar surface area (TPSA) is 98.8 Å². The number of hydrogen-bond acceptors (Lipinski definition) is 6. The first-order chi connectivity index (χ1) is 11.5. The van der Waals surface area contributed by atoms with E-state index in [-0.39, 0.29) is 11.7 Å². The third-order valence-corrected chi connectivity index (χ3v) is 7.05. The predicted octanol–water partition coefficient (Wildman–Crippen LogP) is 1.04. The van der Waals surface area contributed by atoms with Crippen molar-refractivity contribution in [3.8, 4) is 11.5 Å². The van der Waals surface area contributed by atoms with Gasteiger partial charge in [0.2, 0.25) is 6.79 Å². The van der Waals surface area contributed by atoms with Gasteiger partial charge in [-0.1, -0.05) is 24.3 Å². The smallest absolute Gasteiger partial charge is 0.231 e. The number of fused-ring (bicyclic) bond motifs is 1. The van der Waals surface area contributed by atoms with E-state index in [2.05, 4.69) is 0 Å². The van der Waals surface area contributed by atoms with Gasteiger partial charge in [-0.15, -0.1) is 0 Å². The van der Waals surface area contributed by atoms with E-state index >= 15 is 0 Å². The number of aliphatic hydroxyl groups is 1. The van der Waals surface area contributed by atoms with Crippen molar-refractivity contribution in [2.45, 2.75) is 21.6 Å². The number of aliphatic hydroxyl groups excluding tert-OH is 1. The molecule has 0 radical (unpaired) electrons. The van der Waals surface area contributed by atoms with Crippen molar-refractivity contribution in [3.05, 3.63) is 54.1 Å². The van der Waals surface area contributed by atoms with Crippen LogP contribution in [0.1, 0.15) is 11.5 Å². The Morgan fingerprint density at radius 2 is 1.83 bits per heavy atom. The molecule has 2 aromatic carbocycles. The molecular weight excluding hydrogens is 330 g/mol. The predicted molar refractivity (Wildman–Crippen MR) is 86.7 cm³/mol. The number of sulfone groups is 1. The fraction of sp³-hybridized carbons (Fsp3) is 0.294. The van der Waals surface area contributed by atoms with Crippen LogP contribution in [0.5, 0.6) is 11.5 Å². The molecule has 1 fully saturated rings. The zero-order valence-corrected chi connectivity index (χ0v) is 13.6. The van der Waals surface area contributed by atoms with Gasteiger partial charge in [-0.3, -0.25) is 0 Å². The molecule has 2 aromatic rings. The van der Waals surface area contributed by atoms with Gasteiger partial charge in [0, 0.05) is 5.92 Å². The summed E-state index contributed by atoms with van der Waals surface area (Å²) >= 11 is 0. The Labute approximate surface area is 139 Å². The van der Waals surface area contributed by atoms with Crippen molar-refractivity contribution >= 4 is 9.84 Å². The van der Waals surface area contributed by atoms with E-state index in [0.717, 1.165) is 5.56 Å². The molecule has 126 valence electrons. The van der Waals surface area contributed by atoms with Crippen LogP contribution in [0.3, 0.4) is 0 Å². The summed E-state index contributed by atoms with van der Waals surface area (Å²) in [5.74, 6) is 0.686. The van der Waals surface area contributed by atoms with Gasteiger partial charge in [0.15, 0.2) is 21.3 Å². The van der Waals surface area contributed by atoms with Gasteiger partial charge in [0.05, 0.1) is 22.3 Å². The van der Waals surface area contributed by atoms with E-state index in [0.29, 0.717) is 11.5 Å². The maximum absolute atomic E-state index is 12.9.